The molecule has 116 valence electrons. The summed E-state index contributed by atoms with van der Waals surface area (Å²) in [6, 6.07) is 25.1. The molecule has 0 N–H and O–H groups in total. The van der Waals surface area contributed by atoms with Crippen LogP contribution >= 0.6 is 0 Å². The maximum Gasteiger partial charge on any atom is 0.256 e. The van der Waals surface area contributed by atoms with Gasteiger partial charge in [0.25, 0.3) is 5.56 Å². The predicted molar refractivity (Wildman–Crippen MR) is 94.9 cm³/mol. The van der Waals surface area contributed by atoms with Crippen molar-refractivity contribution in [3.05, 3.63) is 101 Å². The van der Waals surface area contributed by atoms with Gasteiger partial charge in [0.15, 0.2) is 0 Å². The summed E-state index contributed by atoms with van der Waals surface area (Å²) in [6.45, 7) is 0. The molecule has 0 bridgehead atoms. The minimum atomic E-state index is -0.334. The zero-order chi connectivity index (χ0) is 16.5. The lowest BCUT2D eigenvalue weighted by molar-refractivity contribution is 0.631. The Kier molecular flexibility index (Phi) is 3.47. The molecule has 3 heteroatoms. The van der Waals surface area contributed by atoms with Gasteiger partial charge in [-0.15, -0.1) is 0 Å². The van der Waals surface area contributed by atoms with Crippen molar-refractivity contribution < 1.29 is 4.39 Å². The van der Waals surface area contributed by atoms with Crippen molar-refractivity contribution in [1.82, 2.24) is 4.57 Å². The van der Waals surface area contributed by atoms with Crippen molar-refractivity contribution in [3.63, 3.8) is 0 Å². The van der Waals surface area contributed by atoms with Crippen molar-refractivity contribution in [2.24, 2.45) is 0 Å². The van der Waals surface area contributed by atoms with Crippen LogP contribution in [-0.4, -0.2) is 4.57 Å². The highest BCUT2D eigenvalue weighted by atomic mass is 19.1. The number of hydrogen-bond acceptors (Lipinski definition) is 1. The van der Waals surface area contributed by atoms with Crippen LogP contribution in [0.25, 0.3) is 27.7 Å². The normalized spacial score (nSPS) is 10.9. The highest BCUT2D eigenvalue weighted by molar-refractivity contribution is 5.95. The molecule has 2 nitrogen and oxygen atoms in total. The molecule has 0 aliphatic rings. The summed E-state index contributed by atoms with van der Waals surface area (Å²) in [6.07, 6.45) is 0. The van der Waals surface area contributed by atoms with E-state index in [2.05, 4.69) is 0 Å². The number of rotatable bonds is 2. The highest BCUT2D eigenvalue weighted by Gasteiger charge is 2.13. The Morgan fingerprint density at radius 2 is 1.38 bits per heavy atom. The molecule has 0 radical (unpaired) electrons. The highest BCUT2D eigenvalue weighted by Crippen LogP contribution is 2.29. The lowest BCUT2D eigenvalue weighted by Crippen LogP contribution is -2.18. The number of nitrogens with zero attached hydrogens (tertiary/aromatic N) is 1. The van der Waals surface area contributed by atoms with Gasteiger partial charge in [-0.05, 0) is 29.8 Å². The molecular weight excluding hydrogens is 301 g/mol. The molecule has 4 rings (SSSR count). The monoisotopic (exact) mass is 315 g/mol. The summed E-state index contributed by atoms with van der Waals surface area (Å²) in [5.41, 5.74) is 2.42. The first-order chi connectivity index (χ1) is 11.8. The smallest absolute Gasteiger partial charge is 0.256 e. The van der Waals surface area contributed by atoms with Crippen LogP contribution in [0.1, 0.15) is 0 Å². The molecule has 0 spiro atoms. The van der Waals surface area contributed by atoms with E-state index >= 15 is 0 Å². The molecule has 1 heterocycles. The van der Waals surface area contributed by atoms with E-state index in [1.54, 1.807) is 22.8 Å². The molecule has 0 saturated carbocycles. The van der Waals surface area contributed by atoms with Crippen LogP contribution in [0.4, 0.5) is 4.39 Å². The third kappa shape index (κ3) is 2.31. The van der Waals surface area contributed by atoms with Crippen LogP contribution in [0, 0.1) is 5.82 Å². The summed E-state index contributed by atoms with van der Waals surface area (Å²) in [7, 11) is 0. The van der Waals surface area contributed by atoms with Crippen molar-refractivity contribution in [3.8, 4) is 16.8 Å². The van der Waals surface area contributed by atoms with Crippen LogP contribution in [0.15, 0.2) is 89.7 Å². The molecule has 0 saturated heterocycles. The molecule has 0 aliphatic heterocycles. The second-order valence-corrected chi connectivity index (χ2v) is 5.56. The number of fused-ring (bicyclic) bond motifs is 1. The predicted octanol–water partition coefficient (Wildman–Crippen LogP) is 4.80. The Morgan fingerprint density at radius 3 is 2.17 bits per heavy atom. The standard InChI is InChI=1S/C21H14FNO/c22-19-12-6-4-10-16(19)18-14-21(24)23(15-8-2-1-3-9-15)20-13-7-5-11-17(18)20/h1-14H. The molecule has 0 aliphatic carbocycles. The van der Waals surface area contributed by atoms with Crippen LogP contribution < -0.4 is 5.56 Å². The van der Waals surface area contributed by atoms with Crippen molar-refractivity contribution >= 4 is 10.9 Å². The Balaban J connectivity index is 2.11. The van der Waals surface area contributed by atoms with Gasteiger partial charge in [-0.1, -0.05) is 54.6 Å². The van der Waals surface area contributed by atoms with E-state index in [0.29, 0.717) is 11.1 Å². The molecule has 0 amide bonds. The van der Waals surface area contributed by atoms with Gasteiger partial charge in [0, 0.05) is 22.7 Å². The van der Waals surface area contributed by atoms with E-state index in [0.717, 1.165) is 16.6 Å². The Bertz CT molecular complexity index is 1080. The van der Waals surface area contributed by atoms with E-state index < -0.39 is 0 Å². The van der Waals surface area contributed by atoms with Crippen LogP contribution in [0.3, 0.4) is 0 Å². The zero-order valence-electron chi connectivity index (χ0n) is 12.8. The van der Waals surface area contributed by atoms with Gasteiger partial charge < -0.3 is 0 Å². The lowest BCUT2D eigenvalue weighted by atomic mass is 10.0. The largest absolute Gasteiger partial charge is 0.277 e. The molecule has 0 atom stereocenters. The van der Waals surface area contributed by atoms with E-state index in [-0.39, 0.29) is 11.4 Å². The molecule has 0 unspecified atom stereocenters. The first-order valence-electron chi connectivity index (χ1n) is 7.71. The second-order valence-electron chi connectivity index (χ2n) is 5.56. The van der Waals surface area contributed by atoms with Gasteiger partial charge in [0.05, 0.1) is 5.52 Å². The third-order valence-electron chi connectivity index (χ3n) is 4.10. The summed E-state index contributed by atoms with van der Waals surface area (Å²) in [5.74, 6) is -0.334. The summed E-state index contributed by atoms with van der Waals surface area (Å²) < 4.78 is 15.9. The summed E-state index contributed by atoms with van der Waals surface area (Å²) >= 11 is 0. The quantitative estimate of drug-likeness (QED) is 0.521. The number of hydrogen-bond donors (Lipinski definition) is 0. The molecule has 1 aromatic heterocycles. The van der Waals surface area contributed by atoms with Gasteiger partial charge >= 0.3 is 0 Å². The van der Waals surface area contributed by atoms with E-state index in [9.17, 15) is 9.18 Å². The van der Waals surface area contributed by atoms with Gasteiger partial charge in [-0.2, -0.15) is 0 Å². The average molecular weight is 315 g/mol. The SMILES string of the molecule is O=c1cc(-c2ccccc2F)c2ccccc2n1-c1ccccc1. The fraction of sp³-hybridized carbons (Fsp3) is 0. The topological polar surface area (TPSA) is 22.0 Å². The Hall–Kier alpha value is -3.20. The molecule has 3 aromatic carbocycles. The van der Waals surface area contributed by atoms with E-state index in [1.807, 2.05) is 54.6 Å². The number of halogens is 1. The second kappa shape index (κ2) is 5.78. The number of benzene rings is 3. The molecule has 0 fully saturated rings. The fourth-order valence-electron chi connectivity index (χ4n) is 3.03. The molecular formula is C21H14FNO. The van der Waals surface area contributed by atoms with Crippen LogP contribution in [0.5, 0.6) is 0 Å². The van der Waals surface area contributed by atoms with Crippen molar-refractivity contribution in [2.45, 2.75) is 0 Å². The van der Waals surface area contributed by atoms with Gasteiger partial charge in [0.1, 0.15) is 5.82 Å². The number of aromatic nitrogens is 1. The fourth-order valence-corrected chi connectivity index (χ4v) is 3.03. The zero-order valence-corrected chi connectivity index (χ0v) is 12.8. The summed E-state index contributed by atoms with van der Waals surface area (Å²) in [5, 5.41) is 0.839. The van der Waals surface area contributed by atoms with Crippen molar-refractivity contribution in [1.29, 1.82) is 0 Å². The van der Waals surface area contributed by atoms with Gasteiger partial charge in [-0.25, -0.2) is 4.39 Å². The number of pyridine rings is 1. The van der Waals surface area contributed by atoms with Crippen LogP contribution in [-0.2, 0) is 0 Å². The van der Waals surface area contributed by atoms with Crippen molar-refractivity contribution in [2.75, 3.05) is 0 Å². The van der Waals surface area contributed by atoms with Gasteiger partial charge in [-0.3, -0.25) is 9.36 Å². The first kappa shape index (κ1) is 14.4. The lowest BCUT2D eigenvalue weighted by Gasteiger charge is -2.14. The Morgan fingerprint density at radius 1 is 0.708 bits per heavy atom. The maximum atomic E-state index is 14.2. The first-order valence-corrected chi connectivity index (χ1v) is 7.71. The van der Waals surface area contributed by atoms with E-state index in [4.69, 9.17) is 0 Å². The molecule has 24 heavy (non-hydrogen) atoms. The Labute approximate surface area is 138 Å². The number of para-hydroxylation sites is 2. The minimum absolute atomic E-state index is 0.182. The molecule has 4 aromatic rings. The maximum absolute atomic E-state index is 14.2. The average Bonchev–Trinajstić information content (AvgIpc) is 2.62. The van der Waals surface area contributed by atoms with Gasteiger partial charge in [0.2, 0.25) is 0 Å². The minimum Gasteiger partial charge on any atom is -0.277 e. The summed E-state index contributed by atoms with van der Waals surface area (Å²) in [4.78, 5) is 12.8. The van der Waals surface area contributed by atoms with Crippen LogP contribution in [0.2, 0.25) is 0 Å². The third-order valence-corrected chi connectivity index (χ3v) is 4.10. The van der Waals surface area contributed by atoms with E-state index in [1.165, 1.54) is 12.1 Å².